The lowest BCUT2D eigenvalue weighted by molar-refractivity contribution is -0.123. The fourth-order valence-corrected chi connectivity index (χ4v) is 3.64. The van der Waals surface area contributed by atoms with E-state index in [4.69, 9.17) is 16.2 Å². The number of hydrogen-bond acceptors (Lipinski definition) is 4. The van der Waals surface area contributed by atoms with Gasteiger partial charge in [0.1, 0.15) is 5.54 Å². The van der Waals surface area contributed by atoms with E-state index in [0.717, 1.165) is 25.9 Å². The number of nitrogens with two attached hydrogens (primary N) is 2. The summed E-state index contributed by atoms with van der Waals surface area (Å²) in [6.07, 6.45) is 3.39. The van der Waals surface area contributed by atoms with Crippen molar-refractivity contribution >= 4 is 17.7 Å². The summed E-state index contributed by atoms with van der Waals surface area (Å²) in [7, 11) is 0. The average Bonchev–Trinajstić information content (AvgIpc) is 3.00. The van der Waals surface area contributed by atoms with Gasteiger partial charge in [0.2, 0.25) is 5.91 Å². The van der Waals surface area contributed by atoms with Crippen molar-refractivity contribution in [1.29, 1.82) is 0 Å². The SMILES string of the molecule is CC1OCCC1SCC(N)(C(N)=O)C1CC1. The van der Waals surface area contributed by atoms with Gasteiger partial charge in [0, 0.05) is 17.6 Å². The Morgan fingerprint density at radius 3 is 2.62 bits per heavy atom. The highest BCUT2D eigenvalue weighted by Gasteiger charge is 2.47. The van der Waals surface area contributed by atoms with Crippen molar-refractivity contribution in [1.82, 2.24) is 0 Å². The Morgan fingerprint density at radius 1 is 1.50 bits per heavy atom. The van der Waals surface area contributed by atoms with Crippen LogP contribution in [-0.2, 0) is 9.53 Å². The smallest absolute Gasteiger partial charge is 0.238 e. The number of rotatable bonds is 5. The molecule has 4 nitrogen and oxygen atoms in total. The largest absolute Gasteiger partial charge is 0.377 e. The van der Waals surface area contributed by atoms with Gasteiger partial charge >= 0.3 is 0 Å². The molecule has 1 heterocycles. The van der Waals surface area contributed by atoms with E-state index in [1.165, 1.54) is 0 Å². The van der Waals surface area contributed by atoms with Crippen molar-refractivity contribution in [3.05, 3.63) is 0 Å². The third kappa shape index (κ3) is 2.36. The van der Waals surface area contributed by atoms with E-state index in [-0.39, 0.29) is 12.0 Å². The van der Waals surface area contributed by atoms with E-state index in [2.05, 4.69) is 6.92 Å². The van der Waals surface area contributed by atoms with Crippen LogP contribution in [0.25, 0.3) is 0 Å². The highest BCUT2D eigenvalue weighted by Crippen LogP contribution is 2.41. The first-order chi connectivity index (χ1) is 7.54. The molecule has 2 rings (SSSR count). The summed E-state index contributed by atoms with van der Waals surface area (Å²) in [4.78, 5) is 11.4. The van der Waals surface area contributed by atoms with Crippen LogP contribution in [-0.4, -0.2) is 35.2 Å². The Hall–Kier alpha value is -0.260. The van der Waals surface area contributed by atoms with Crippen LogP contribution in [0.2, 0.25) is 0 Å². The van der Waals surface area contributed by atoms with Gasteiger partial charge in [0.05, 0.1) is 6.10 Å². The molecule has 1 saturated heterocycles. The number of amides is 1. The van der Waals surface area contributed by atoms with Crippen molar-refractivity contribution in [2.45, 2.75) is 43.1 Å². The van der Waals surface area contributed by atoms with Crippen LogP contribution < -0.4 is 11.5 Å². The molecular formula is C11H20N2O2S. The molecule has 0 aromatic rings. The van der Waals surface area contributed by atoms with Gasteiger partial charge < -0.3 is 16.2 Å². The Labute approximate surface area is 100 Å². The minimum absolute atomic E-state index is 0.265. The Bertz CT molecular complexity index is 283. The van der Waals surface area contributed by atoms with Crippen LogP contribution in [0.5, 0.6) is 0 Å². The highest BCUT2D eigenvalue weighted by atomic mass is 32.2. The zero-order chi connectivity index (χ0) is 11.8. The highest BCUT2D eigenvalue weighted by molar-refractivity contribution is 8.00. The van der Waals surface area contributed by atoms with Gasteiger partial charge in [-0.15, -0.1) is 0 Å². The van der Waals surface area contributed by atoms with Gasteiger partial charge in [-0.1, -0.05) is 0 Å². The third-order valence-corrected chi connectivity index (χ3v) is 5.30. The van der Waals surface area contributed by atoms with E-state index in [0.29, 0.717) is 16.9 Å². The lowest BCUT2D eigenvalue weighted by Crippen LogP contribution is -2.56. The molecule has 3 atom stereocenters. The molecule has 1 aliphatic heterocycles. The van der Waals surface area contributed by atoms with E-state index in [1.807, 2.05) is 0 Å². The minimum Gasteiger partial charge on any atom is -0.377 e. The maximum absolute atomic E-state index is 11.4. The summed E-state index contributed by atoms with van der Waals surface area (Å²) in [5.41, 5.74) is 10.8. The van der Waals surface area contributed by atoms with E-state index < -0.39 is 5.54 Å². The fourth-order valence-electron chi connectivity index (χ4n) is 2.16. The Balaban J connectivity index is 1.89. The molecule has 3 unspecified atom stereocenters. The van der Waals surface area contributed by atoms with Gasteiger partial charge in [0.15, 0.2) is 0 Å². The van der Waals surface area contributed by atoms with Gasteiger partial charge in [-0.25, -0.2) is 0 Å². The topological polar surface area (TPSA) is 78.3 Å². The molecule has 2 aliphatic rings. The predicted molar refractivity (Wildman–Crippen MR) is 65.1 cm³/mol. The second kappa shape index (κ2) is 4.55. The third-order valence-electron chi connectivity index (χ3n) is 3.61. The van der Waals surface area contributed by atoms with E-state index in [1.54, 1.807) is 11.8 Å². The minimum atomic E-state index is -0.799. The molecule has 0 aromatic heterocycles. The summed E-state index contributed by atoms with van der Waals surface area (Å²) in [5.74, 6) is 0.579. The van der Waals surface area contributed by atoms with Crippen molar-refractivity contribution in [2.75, 3.05) is 12.4 Å². The zero-order valence-corrected chi connectivity index (χ0v) is 10.5. The molecule has 1 aliphatic carbocycles. The average molecular weight is 244 g/mol. The molecule has 16 heavy (non-hydrogen) atoms. The first-order valence-electron chi connectivity index (χ1n) is 5.86. The molecule has 1 saturated carbocycles. The lowest BCUT2D eigenvalue weighted by atomic mass is 9.96. The zero-order valence-electron chi connectivity index (χ0n) is 9.65. The van der Waals surface area contributed by atoms with Gasteiger partial charge in [0.25, 0.3) is 0 Å². The molecule has 0 spiro atoms. The second-order valence-corrected chi connectivity index (χ2v) is 6.12. The first-order valence-corrected chi connectivity index (χ1v) is 6.91. The molecule has 92 valence electrons. The van der Waals surface area contributed by atoms with Crippen molar-refractivity contribution < 1.29 is 9.53 Å². The van der Waals surface area contributed by atoms with E-state index in [9.17, 15) is 4.79 Å². The Morgan fingerprint density at radius 2 is 2.19 bits per heavy atom. The molecule has 5 heteroatoms. The first kappa shape index (κ1) is 12.2. The van der Waals surface area contributed by atoms with Crippen LogP contribution in [0, 0.1) is 5.92 Å². The number of ether oxygens (including phenoxy) is 1. The lowest BCUT2D eigenvalue weighted by Gasteiger charge is -2.27. The number of carbonyl (C=O) groups is 1. The summed E-state index contributed by atoms with van der Waals surface area (Å²) in [6, 6.07) is 0. The van der Waals surface area contributed by atoms with Gasteiger partial charge in [-0.3, -0.25) is 4.79 Å². The monoisotopic (exact) mass is 244 g/mol. The predicted octanol–water partition coefficient (Wildman–Crippen LogP) is 0.490. The van der Waals surface area contributed by atoms with Crippen molar-refractivity contribution in [3.8, 4) is 0 Å². The van der Waals surface area contributed by atoms with Crippen LogP contribution in [0.4, 0.5) is 0 Å². The fraction of sp³-hybridized carbons (Fsp3) is 0.909. The normalized spacial score (nSPS) is 33.6. The number of thioether (sulfide) groups is 1. The van der Waals surface area contributed by atoms with Crippen LogP contribution >= 0.6 is 11.8 Å². The molecule has 4 N–H and O–H groups in total. The van der Waals surface area contributed by atoms with Crippen LogP contribution in [0.3, 0.4) is 0 Å². The van der Waals surface area contributed by atoms with E-state index >= 15 is 0 Å². The van der Waals surface area contributed by atoms with Gasteiger partial charge in [-0.2, -0.15) is 11.8 Å². The maximum Gasteiger partial charge on any atom is 0.238 e. The molecular weight excluding hydrogens is 224 g/mol. The molecule has 1 amide bonds. The summed E-state index contributed by atoms with van der Waals surface area (Å²) < 4.78 is 5.49. The standard InChI is InChI=1S/C11H20N2O2S/c1-7-9(4-5-15-7)16-6-11(13,10(12)14)8-2-3-8/h7-9H,2-6,13H2,1H3,(H2,12,14). The van der Waals surface area contributed by atoms with Crippen LogP contribution in [0.15, 0.2) is 0 Å². The second-order valence-electron chi connectivity index (χ2n) is 4.89. The Kier molecular flexibility index (Phi) is 3.47. The molecule has 0 bridgehead atoms. The number of carbonyl (C=O) groups excluding carboxylic acids is 1. The maximum atomic E-state index is 11.4. The summed E-state index contributed by atoms with van der Waals surface area (Å²) in [6.45, 7) is 2.89. The quantitative estimate of drug-likeness (QED) is 0.738. The molecule has 2 fully saturated rings. The number of primary amides is 1. The summed E-state index contributed by atoms with van der Waals surface area (Å²) >= 11 is 1.74. The number of hydrogen-bond donors (Lipinski definition) is 2. The molecule has 0 radical (unpaired) electrons. The van der Waals surface area contributed by atoms with Crippen molar-refractivity contribution in [2.24, 2.45) is 17.4 Å². The molecule has 0 aromatic carbocycles. The van der Waals surface area contributed by atoms with Crippen LogP contribution in [0.1, 0.15) is 26.2 Å². The summed E-state index contributed by atoms with van der Waals surface area (Å²) in [5, 5.41) is 0.459. The van der Waals surface area contributed by atoms with Gasteiger partial charge in [-0.05, 0) is 32.1 Å². The van der Waals surface area contributed by atoms with Crippen molar-refractivity contribution in [3.63, 3.8) is 0 Å².